The van der Waals surface area contributed by atoms with Crippen LogP contribution in [-0.2, 0) is 6.42 Å². The standard InChI is InChI=1S/C12H11F5/c13-8-7(5-6-3-1-2-4-6)9(14)11(16)12(17)10(8)15/h6H,1-5H2. The number of hydrogen-bond acceptors (Lipinski definition) is 0. The minimum Gasteiger partial charge on any atom is -0.203 e. The zero-order chi connectivity index (χ0) is 12.6. The molecule has 5 heteroatoms. The first-order chi connectivity index (χ1) is 8.02. The Hall–Kier alpha value is -1.13. The molecule has 0 radical (unpaired) electrons. The van der Waals surface area contributed by atoms with E-state index in [0.717, 1.165) is 25.7 Å². The zero-order valence-electron chi connectivity index (χ0n) is 9.00. The average Bonchev–Trinajstić information content (AvgIpc) is 2.82. The second-order valence-corrected chi connectivity index (χ2v) is 4.40. The molecule has 2 rings (SSSR count). The molecule has 0 amide bonds. The highest BCUT2D eigenvalue weighted by atomic mass is 19.2. The van der Waals surface area contributed by atoms with Crippen LogP contribution in [0.25, 0.3) is 0 Å². The maximum Gasteiger partial charge on any atom is 0.200 e. The first-order valence-electron chi connectivity index (χ1n) is 5.52. The van der Waals surface area contributed by atoms with Gasteiger partial charge in [-0.25, -0.2) is 22.0 Å². The number of halogens is 5. The van der Waals surface area contributed by atoms with Crippen LogP contribution in [0, 0.1) is 35.0 Å². The summed E-state index contributed by atoms with van der Waals surface area (Å²) in [7, 11) is 0. The Morgan fingerprint density at radius 3 is 1.59 bits per heavy atom. The van der Waals surface area contributed by atoms with Crippen LogP contribution in [0.5, 0.6) is 0 Å². The monoisotopic (exact) mass is 250 g/mol. The van der Waals surface area contributed by atoms with Crippen LogP contribution in [-0.4, -0.2) is 0 Å². The van der Waals surface area contributed by atoms with Gasteiger partial charge in [0.15, 0.2) is 23.3 Å². The molecule has 0 N–H and O–H groups in total. The van der Waals surface area contributed by atoms with E-state index in [4.69, 9.17) is 0 Å². The lowest BCUT2D eigenvalue weighted by atomic mass is 9.97. The van der Waals surface area contributed by atoms with E-state index >= 15 is 0 Å². The van der Waals surface area contributed by atoms with Gasteiger partial charge in [0.2, 0.25) is 5.82 Å². The summed E-state index contributed by atoms with van der Waals surface area (Å²) < 4.78 is 65.3. The predicted octanol–water partition coefficient (Wildman–Crippen LogP) is 4.11. The van der Waals surface area contributed by atoms with Crippen molar-refractivity contribution in [2.45, 2.75) is 32.1 Å². The summed E-state index contributed by atoms with van der Waals surface area (Å²) in [5.41, 5.74) is -0.673. The lowest BCUT2D eigenvalue weighted by molar-refractivity contribution is 0.363. The van der Waals surface area contributed by atoms with Crippen molar-refractivity contribution in [2.75, 3.05) is 0 Å². The van der Waals surface area contributed by atoms with Gasteiger partial charge < -0.3 is 0 Å². The number of benzene rings is 1. The zero-order valence-corrected chi connectivity index (χ0v) is 9.00. The van der Waals surface area contributed by atoms with E-state index in [9.17, 15) is 22.0 Å². The molecule has 1 aromatic carbocycles. The van der Waals surface area contributed by atoms with Crippen LogP contribution in [0.4, 0.5) is 22.0 Å². The van der Waals surface area contributed by atoms with Crippen molar-refractivity contribution in [2.24, 2.45) is 5.92 Å². The Kier molecular flexibility index (Phi) is 3.35. The molecule has 1 saturated carbocycles. The quantitative estimate of drug-likeness (QED) is 0.421. The third kappa shape index (κ3) is 2.15. The maximum atomic E-state index is 13.3. The first kappa shape index (κ1) is 12.3. The van der Waals surface area contributed by atoms with Crippen LogP contribution >= 0.6 is 0 Å². The van der Waals surface area contributed by atoms with Gasteiger partial charge in [0.05, 0.1) is 0 Å². The number of hydrogen-bond donors (Lipinski definition) is 0. The molecule has 1 fully saturated rings. The molecule has 0 atom stereocenters. The molecule has 1 aromatic rings. The average molecular weight is 250 g/mol. The van der Waals surface area contributed by atoms with Crippen molar-refractivity contribution >= 4 is 0 Å². The van der Waals surface area contributed by atoms with Crippen LogP contribution in [0.3, 0.4) is 0 Å². The molecule has 0 saturated heterocycles. The summed E-state index contributed by atoms with van der Waals surface area (Å²) >= 11 is 0. The normalized spacial score (nSPS) is 16.8. The van der Waals surface area contributed by atoms with E-state index < -0.39 is 34.6 Å². The van der Waals surface area contributed by atoms with E-state index in [1.807, 2.05) is 0 Å². The van der Waals surface area contributed by atoms with Crippen molar-refractivity contribution in [1.82, 2.24) is 0 Å². The molecule has 0 unspecified atom stereocenters. The van der Waals surface area contributed by atoms with Crippen molar-refractivity contribution in [1.29, 1.82) is 0 Å². The van der Waals surface area contributed by atoms with E-state index in [2.05, 4.69) is 0 Å². The number of rotatable bonds is 2. The van der Waals surface area contributed by atoms with E-state index in [1.54, 1.807) is 0 Å². The topological polar surface area (TPSA) is 0 Å². The largest absolute Gasteiger partial charge is 0.203 e. The molecule has 0 aliphatic heterocycles. The van der Waals surface area contributed by atoms with Crippen LogP contribution in [0.2, 0.25) is 0 Å². The van der Waals surface area contributed by atoms with E-state index in [-0.39, 0.29) is 12.3 Å². The van der Waals surface area contributed by atoms with Crippen molar-refractivity contribution in [3.05, 3.63) is 34.6 Å². The summed E-state index contributed by atoms with van der Waals surface area (Å²) in [6.45, 7) is 0. The fraction of sp³-hybridized carbons (Fsp3) is 0.500. The van der Waals surface area contributed by atoms with Crippen molar-refractivity contribution in [3.8, 4) is 0 Å². The second-order valence-electron chi connectivity index (χ2n) is 4.40. The van der Waals surface area contributed by atoms with Gasteiger partial charge in [-0.3, -0.25) is 0 Å². The summed E-state index contributed by atoms with van der Waals surface area (Å²) in [5.74, 6) is -9.14. The van der Waals surface area contributed by atoms with Crippen LogP contribution in [0.15, 0.2) is 0 Å². The highest BCUT2D eigenvalue weighted by Crippen LogP contribution is 2.31. The summed E-state index contributed by atoms with van der Waals surface area (Å²) in [4.78, 5) is 0. The molecule has 0 heterocycles. The van der Waals surface area contributed by atoms with Gasteiger partial charge in [-0.05, 0) is 12.3 Å². The molecule has 1 aliphatic carbocycles. The smallest absolute Gasteiger partial charge is 0.200 e. The van der Waals surface area contributed by atoms with Crippen molar-refractivity contribution < 1.29 is 22.0 Å². The molecule has 0 spiro atoms. The lowest BCUT2D eigenvalue weighted by Gasteiger charge is -2.12. The van der Waals surface area contributed by atoms with Gasteiger partial charge >= 0.3 is 0 Å². The first-order valence-corrected chi connectivity index (χ1v) is 5.52. The molecule has 0 nitrogen and oxygen atoms in total. The van der Waals surface area contributed by atoms with Gasteiger partial charge in [0.1, 0.15) is 0 Å². The third-order valence-electron chi connectivity index (χ3n) is 3.27. The SMILES string of the molecule is Fc1c(F)c(F)c(CC2CCCC2)c(F)c1F. The molecule has 0 aromatic heterocycles. The molecule has 0 bridgehead atoms. The minimum absolute atomic E-state index is 0.0169. The second kappa shape index (κ2) is 4.63. The van der Waals surface area contributed by atoms with Gasteiger partial charge in [-0.1, -0.05) is 25.7 Å². The van der Waals surface area contributed by atoms with Gasteiger partial charge in [-0.2, -0.15) is 0 Å². The van der Waals surface area contributed by atoms with Crippen LogP contribution < -0.4 is 0 Å². The van der Waals surface area contributed by atoms with Crippen LogP contribution in [0.1, 0.15) is 31.2 Å². The Labute approximate surface area is 95.4 Å². The Morgan fingerprint density at radius 1 is 0.706 bits per heavy atom. The lowest BCUT2D eigenvalue weighted by Crippen LogP contribution is -2.10. The van der Waals surface area contributed by atoms with Gasteiger partial charge in [0, 0.05) is 5.56 Å². The molecular formula is C12H11F5. The summed E-state index contributed by atoms with van der Waals surface area (Å²) in [6.07, 6.45) is 3.37. The molecular weight excluding hydrogens is 239 g/mol. The van der Waals surface area contributed by atoms with E-state index in [1.165, 1.54) is 0 Å². The Bertz CT molecular complexity index is 406. The fourth-order valence-corrected chi connectivity index (χ4v) is 2.33. The Balaban J connectivity index is 2.38. The Morgan fingerprint density at radius 2 is 1.12 bits per heavy atom. The highest BCUT2D eigenvalue weighted by Gasteiger charge is 2.27. The minimum atomic E-state index is -2.09. The summed E-state index contributed by atoms with van der Waals surface area (Å²) in [6, 6.07) is 0. The molecule has 17 heavy (non-hydrogen) atoms. The highest BCUT2D eigenvalue weighted by molar-refractivity contribution is 5.24. The third-order valence-corrected chi connectivity index (χ3v) is 3.27. The molecule has 1 aliphatic rings. The predicted molar refractivity (Wildman–Crippen MR) is 51.9 cm³/mol. The van der Waals surface area contributed by atoms with Crippen molar-refractivity contribution in [3.63, 3.8) is 0 Å². The van der Waals surface area contributed by atoms with Gasteiger partial charge in [0.25, 0.3) is 0 Å². The fourth-order valence-electron chi connectivity index (χ4n) is 2.33. The van der Waals surface area contributed by atoms with E-state index in [0.29, 0.717) is 0 Å². The summed E-state index contributed by atoms with van der Waals surface area (Å²) in [5, 5.41) is 0. The van der Waals surface area contributed by atoms with Gasteiger partial charge in [-0.15, -0.1) is 0 Å². The maximum absolute atomic E-state index is 13.3. The molecule has 94 valence electrons.